The van der Waals surface area contributed by atoms with Crippen molar-refractivity contribution in [3.8, 4) is 0 Å². The second-order valence-corrected chi connectivity index (χ2v) is 7.37. The maximum atomic E-state index is 12.7. The average molecular weight is 424 g/mol. The SMILES string of the molecule is C=C/C(C)=C\C(C)=C(/C)F.C=C/C=C(F)\C(C)=C/CC.CCCCN(C)CCCC. The fourth-order valence-electron chi connectivity index (χ4n) is 2.11. The normalized spacial score (nSPS) is 13.0. The van der Waals surface area contributed by atoms with Gasteiger partial charge in [0.05, 0.1) is 5.83 Å². The molecule has 1 nitrogen and oxygen atoms in total. The van der Waals surface area contributed by atoms with E-state index in [1.54, 1.807) is 26.0 Å². The van der Waals surface area contributed by atoms with Gasteiger partial charge in [0.1, 0.15) is 5.83 Å². The van der Waals surface area contributed by atoms with Gasteiger partial charge in [-0.15, -0.1) is 0 Å². The van der Waals surface area contributed by atoms with Gasteiger partial charge in [0, 0.05) is 0 Å². The molecule has 0 rings (SSSR count). The van der Waals surface area contributed by atoms with Gasteiger partial charge in [0.25, 0.3) is 0 Å². The first-order chi connectivity index (χ1) is 14.1. The standard InChI is InChI=1S/2C9H13F.C9H21N/c1-5-7(2)6-8(3)9(4)10;1-4-6-8(3)9(10)7-5-2;1-4-6-8-10(3)9-7-5-2/h5-6H,1H2,2-4H3;5-7H,2,4H2,1,3H3;4-9H2,1-3H3/b7-6-,9-8+;8-6-,9-7+;. The Morgan fingerprint density at radius 3 is 1.73 bits per heavy atom. The Bertz CT molecular complexity index is 553. The first-order valence-electron chi connectivity index (χ1n) is 11.1. The van der Waals surface area contributed by atoms with E-state index in [-0.39, 0.29) is 11.7 Å². The summed E-state index contributed by atoms with van der Waals surface area (Å²) in [4.78, 5) is 2.42. The third kappa shape index (κ3) is 24.3. The molecule has 0 fully saturated rings. The molecule has 0 heterocycles. The Balaban J connectivity index is -0.000000364. The van der Waals surface area contributed by atoms with E-state index in [0.717, 1.165) is 12.0 Å². The van der Waals surface area contributed by atoms with Crippen molar-refractivity contribution in [1.82, 2.24) is 4.90 Å². The number of hydrogen-bond donors (Lipinski definition) is 0. The van der Waals surface area contributed by atoms with E-state index >= 15 is 0 Å². The number of allylic oxidation sites excluding steroid dienone is 10. The molecule has 30 heavy (non-hydrogen) atoms. The maximum absolute atomic E-state index is 12.7. The molecule has 0 aromatic heterocycles. The van der Waals surface area contributed by atoms with Crippen LogP contribution < -0.4 is 0 Å². The predicted octanol–water partition coefficient (Wildman–Crippen LogP) is 9.28. The van der Waals surface area contributed by atoms with E-state index in [9.17, 15) is 8.78 Å². The lowest BCUT2D eigenvalue weighted by Crippen LogP contribution is -2.20. The van der Waals surface area contributed by atoms with E-state index in [2.05, 4.69) is 39.0 Å². The highest BCUT2D eigenvalue weighted by molar-refractivity contribution is 5.27. The quantitative estimate of drug-likeness (QED) is 0.299. The number of hydrogen-bond acceptors (Lipinski definition) is 1. The molecule has 0 aromatic carbocycles. The summed E-state index contributed by atoms with van der Waals surface area (Å²) >= 11 is 0. The van der Waals surface area contributed by atoms with Gasteiger partial charge < -0.3 is 4.90 Å². The molecule has 0 spiro atoms. The fourth-order valence-corrected chi connectivity index (χ4v) is 2.11. The molecule has 3 heteroatoms. The highest BCUT2D eigenvalue weighted by atomic mass is 19.1. The predicted molar refractivity (Wildman–Crippen MR) is 134 cm³/mol. The van der Waals surface area contributed by atoms with E-state index in [4.69, 9.17) is 0 Å². The molecule has 0 aliphatic rings. The third-order valence-corrected chi connectivity index (χ3v) is 4.25. The van der Waals surface area contributed by atoms with E-state index in [0.29, 0.717) is 11.1 Å². The van der Waals surface area contributed by atoms with Gasteiger partial charge in [-0.05, 0) is 84.3 Å². The molecular weight excluding hydrogens is 376 g/mol. The topological polar surface area (TPSA) is 3.24 Å². The van der Waals surface area contributed by atoms with Crippen molar-refractivity contribution in [3.05, 3.63) is 71.9 Å². The number of halogens is 2. The van der Waals surface area contributed by atoms with Crippen LogP contribution in [0.25, 0.3) is 0 Å². The van der Waals surface area contributed by atoms with E-state index < -0.39 is 0 Å². The Kier molecular flexibility index (Phi) is 25.8. The zero-order chi connectivity index (χ0) is 23.9. The third-order valence-electron chi connectivity index (χ3n) is 4.25. The molecule has 0 N–H and O–H groups in total. The second kappa shape index (κ2) is 23.5. The van der Waals surface area contributed by atoms with E-state index in [1.165, 1.54) is 57.8 Å². The molecule has 0 saturated carbocycles. The van der Waals surface area contributed by atoms with Gasteiger partial charge >= 0.3 is 0 Å². The Morgan fingerprint density at radius 1 is 0.900 bits per heavy atom. The number of unbranched alkanes of at least 4 members (excludes halogenated alkanes) is 2. The lowest BCUT2D eigenvalue weighted by Gasteiger charge is -2.14. The second-order valence-electron chi connectivity index (χ2n) is 7.37. The van der Waals surface area contributed by atoms with Gasteiger partial charge in [-0.2, -0.15) is 0 Å². The smallest absolute Gasteiger partial charge is 0.125 e. The van der Waals surface area contributed by atoms with Crippen molar-refractivity contribution < 1.29 is 8.78 Å². The highest BCUT2D eigenvalue weighted by Crippen LogP contribution is 2.10. The molecule has 0 aromatic rings. The Morgan fingerprint density at radius 2 is 1.40 bits per heavy atom. The van der Waals surface area contributed by atoms with Crippen LogP contribution in [-0.2, 0) is 0 Å². The summed E-state index contributed by atoms with van der Waals surface area (Å²) in [6.45, 7) is 22.8. The summed E-state index contributed by atoms with van der Waals surface area (Å²) < 4.78 is 25.1. The minimum Gasteiger partial charge on any atom is -0.306 e. The first kappa shape index (κ1) is 32.9. The molecule has 0 radical (unpaired) electrons. The molecule has 0 saturated heterocycles. The molecule has 0 amide bonds. The van der Waals surface area contributed by atoms with Crippen LogP contribution in [0.3, 0.4) is 0 Å². The monoisotopic (exact) mass is 423 g/mol. The van der Waals surface area contributed by atoms with Crippen LogP contribution in [0, 0.1) is 0 Å². The Labute approximate surface area is 186 Å². The molecule has 174 valence electrons. The Hall–Kier alpha value is -1.74. The van der Waals surface area contributed by atoms with Crippen molar-refractivity contribution >= 4 is 0 Å². The van der Waals surface area contributed by atoms with Crippen LogP contribution in [0.4, 0.5) is 8.78 Å². The number of nitrogens with zero attached hydrogens (tertiary/aromatic N) is 1. The summed E-state index contributed by atoms with van der Waals surface area (Å²) in [5.74, 6) is -0.335. The van der Waals surface area contributed by atoms with Gasteiger partial charge in [-0.1, -0.05) is 76.6 Å². The lowest BCUT2D eigenvalue weighted by molar-refractivity contribution is 0.322. The number of rotatable bonds is 11. The lowest BCUT2D eigenvalue weighted by atomic mass is 10.2. The van der Waals surface area contributed by atoms with Crippen LogP contribution in [0.5, 0.6) is 0 Å². The largest absolute Gasteiger partial charge is 0.306 e. The van der Waals surface area contributed by atoms with Crippen molar-refractivity contribution in [3.63, 3.8) is 0 Å². The van der Waals surface area contributed by atoms with Crippen molar-refractivity contribution in [2.24, 2.45) is 0 Å². The molecule has 0 unspecified atom stereocenters. The zero-order valence-electron chi connectivity index (χ0n) is 21.0. The summed E-state index contributed by atoms with van der Waals surface area (Å²) in [5.41, 5.74) is 2.33. The maximum Gasteiger partial charge on any atom is 0.125 e. The van der Waals surface area contributed by atoms with Crippen LogP contribution in [0.2, 0.25) is 0 Å². The van der Waals surface area contributed by atoms with E-state index in [1.807, 2.05) is 19.9 Å². The van der Waals surface area contributed by atoms with Crippen molar-refractivity contribution in [1.29, 1.82) is 0 Å². The average Bonchev–Trinajstić information content (AvgIpc) is 2.71. The van der Waals surface area contributed by atoms with Crippen LogP contribution in [0.1, 0.15) is 80.6 Å². The molecular formula is C27H47F2N. The summed E-state index contributed by atoms with van der Waals surface area (Å²) in [7, 11) is 2.21. The molecule has 0 atom stereocenters. The van der Waals surface area contributed by atoms with Crippen molar-refractivity contribution in [2.75, 3.05) is 20.1 Å². The minimum absolute atomic E-state index is 0.138. The molecule has 0 aliphatic heterocycles. The fraction of sp³-hybridized carbons (Fsp3) is 0.556. The first-order valence-corrected chi connectivity index (χ1v) is 11.1. The van der Waals surface area contributed by atoms with Crippen LogP contribution in [-0.4, -0.2) is 25.0 Å². The molecule has 0 bridgehead atoms. The minimum atomic E-state index is -0.197. The van der Waals surface area contributed by atoms with Gasteiger partial charge in [-0.3, -0.25) is 0 Å². The van der Waals surface area contributed by atoms with Crippen LogP contribution >= 0.6 is 0 Å². The van der Waals surface area contributed by atoms with Gasteiger partial charge in [-0.25, -0.2) is 8.78 Å². The summed E-state index contributed by atoms with van der Waals surface area (Å²) in [6.07, 6.45) is 14.3. The zero-order valence-corrected chi connectivity index (χ0v) is 21.0. The summed E-state index contributed by atoms with van der Waals surface area (Å²) in [5, 5.41) is 0. The van der Waals surface area contributed by atoms with Gasteiger partial charge in [0.15, 0.2) is 0 Å². The van der Waals surface area contributed by atoms with Gasteiger partial charge in [0.2, 0.25) is 0 Å². The molecule has 0 aliphatic carbocycles. The highest BCUT2D eigenvalue weighted by Gasteiger charge is 1.94. The summed E-state index contributed by atoms with van der Waals surface area (Å²) in [6, 6.07) is 0. The van der Waals surface area contributed by atoms with Crippen molar-refractivity contribution in [2.45, 2.75) is 80.6 Å². The van der Waals surface area contributed by atoms with Crippen LogP contribution in [0.15, 0.2) is 71.9 Å².